The van der Waals surface area contributed by atoms with Crippen LogP contribution in [0, 0.1) is 0 Å². The van der Waals surface area contributed by atoms with Gasteiger partial charge in [-0.2, -0.15) is 0 Å². The van der Waals surface area contributed by atoms with Gasteiger partial charge in [-0.3, -0.25) is 9.52 Å². The first-order valence-corrected chi connectivity index (χ1v) is 11.6. The van der Waals surface area contributed by atoms with Crippen molar-refractivity contribution >= 4 is 21.6 Å². The van der Waals surface area contributed by atoms with Gasteiger partial charge in [-0.05, 0) is 49.2 Å². The highest BCUT2D eigenvalue weighted by atomic mass is 32.2. The number of hydrogen-bond donors (Lipinski definition) is 1. The topological polar surface area (TPSA) is 75.7 Å². The molecule has 6 nitrogen and oxygen atoms in total. The summed E-state index contributed by atoms with van der Waals surface area (Å²) in [4.78, 5) is 14.8. The predicted octanol–water partition coefficient (Wildman–Crippen LogP) is 3.84. The van der Waals surface area contributed by atoms with Gasteiger partial charge in [0, 0.05) is 24.3 Å². The maximum Gasteiger partial charge on any atom is 0.263 e. The number of benzene rings is 3. The fourth-order valence-electron chi connectivity index (χ4n) is 3.57. The Kier molecular flexibility index (Phi) is 5.95. The minimum absolute atomic E-state index is 0.0847. The highest BCUT2D eigenvalue weighted by molar-refractivity contribution is 7.92. The van der Waals surface area contributed by atoms with Gasteiger partial charge in [0.1, 0.15) is 5.75 Å². The molecule has 31 heavy (non-hydrogen) atoms. The second kappa shape index (κ2) is 8.81. The van der Waals surface area contributed by atoms with Crippen LogP contribution in [0.15, 0.2) is 83.8 Å². The molecule has 1 heterocycles. The Hall–Kier alpha value is -3.32. The molecule has 4 rings (SSSR count). The van der Waals surface area contributed by atoms with Crippen LogP contribution in [0.5, 0.6) is 5.75 Å². The molecule has 0 aliphatic carbocycles. The molecular formula is C24H24N2O4S. The molecule has 0 saturated carbocycles. The lowest BCUT2D eigenvalue weighted by Crippen LogP contribution is -2.39. The van der Waals surface area contributed by atoms with E-state index in [1.165, 1.54) is 0 Å². The molecule has 1 aliphatic rings. The quantitative estimate of drug-likeness (QED) is 0.637. The standard InChI is InChI=1S/C24H24N2O4S/c1-18-24(27)26(15-14-19-8-4-2-5-9-19)17-20-16-21(12-13-23(20)30-18)25-31(28,29)22-10-6-3-7-11-22/h2-13,16,18,25H,14-15,17H2,1H3. The van der Waals surface area contributed by atoms with E-state index < -0.39 is 16.1 Å². The van der Waals surface area contributed by atoms with E-state index in [9.17, 15) is 13.2 Å². The molecule has 0 spiro atoms. The maximum absolute atomic E-state index is 12.8. The summed E-state index contributed by atoms with van der Waals surface area (Å²) in [5.74, 6) is 0.504. The molecule has 0 bridgehead atoms. The monoisotopic (exact) mass is 436 g/mol. The summed E-state index contributed by atoms with van der Waals surface area (Å²) in [6.07, 6.45) is 0.124. The first-order chi connectivity index (χ1) is 14.9. The zero-order valence-corrected chi connectivity index (χ0v) is 18.0. The van der Waals surface area contributed by atoms with Crippen LogP contribution in [-0.4, -0.2) is 31.9 Å². The number of carbonyl (C=O) groups is 1. The van der Waals surface area contributed by atoms with E-state index in [0.717, 1.165) is 17.5 Å². The van der Waals surface area contributed by atoms with Gasteiger partial charge in [0.15, 0.2) is 6.10 Å². The lowest BCUT2D eigenvalue weighted by Gasteiger charge is -2.22. The van der Waals surface area contributed by atoms with Crippen molar-refractivity contribution < 1.29 is 17.9 Å². The van der Waals surface area contributed by atoms with Crippen molar-refractivity contribution in [2.75, 3.05) is 11.3 Å². The molecule has 1 amide bonds. The van der Waals surface area contributed by atoms with Crippen LogP contribution in [0.25, 0.3) is 0 Å². The van der Waals surface area contributed by atoms with Crippen molar-refractivity contribution in [1.29, 1.82) is 0 Å². The van der Waals surface area contributed by atoms with Gasteiger partial charge in [-0.1, -0.05) is 48.5 Å². The SMILES string of the molecule is CC1Oc2ccc(NS(=O)(=O)c3ccccc3)cc2CN(CCc2ccccc2)C1=O. The van der Waals surface area contributed by atoms with E-state index in [1.54, 1.807) is 60.4 Å². The van der Waals surface area contributed by atoms with Gasteiger partial charge < -0.3 is 9.64 Å². The molecular weight excluding hydrogens is 412 g/mol. The van der Waals surface area contributed by atoms with Crippen LogP contribution in [0.2, 0.25) is 0 Å². The van der Waals surface area contributed by atoms with Crippen LogP contribution in [0.4, 0.5) is 5.69 Å². The van der Waals surface area contributed by atoms with Crippen molar-refractivity contribution in [3.05, 3.63) is 90.0 Å². The smallest absolute Gasteiger partial charge is 0.263 e. The largest absolute Gasteiger partial charge is 0.481 e. The Morgan fingerprint density at radius 3 is 2.39 bits per heavy atom. The number of nitrogens with one attached hydrogen (secondary N) is 1. The summed E-state index contributed by atoms with van der Waals surface area (Å²) < 4.78 is 33.8. The van der Waals surface area contributed by atoms with Crippen LogP contribution < -0.4 is 9.46 Å². The fourth-order valence-corrected chi connectivity index (χ4v) is 4.65. The molecule has 0 aromatic heterocycles. The number of hydrogen-bond acceptors (Lipinski definition) is 4. The van der Waals surface area contributed by atoms with Crippen LogP contribution >= 0.6 is 0 Å². The third-order valence-corrected chi connectivity index (χ3v) is 6.60. The van der Waals surface area contributed by atoms with Gasteiger partial charge in [0.05, 0.1) is 4.90 Å². The molecule has 1 N–H and O–H groups in total. The van der Waals surface area contributed by atoms with E-state index in [-0.39, 0.29) is 10.8 Å². The number of fused-ring (bicyclic) bond motifs is 1. The Labute approximate surface area is 182 Å². The minimum atomic E-state index is -3.70. The Bertz CT molecular complexity index is 1160. The number of amides is 1. The van der Waals surface area contributed by atoms with Crippen LogP contribution in [0.1, 0.15) is 18.1 Å². The van der Waals surface area contributed by atoms with Crippen molar-refractivity contribution in [2.45, 2.75) is 30.9 Å². The molecule has 0 radical (unpaired) electrons. The summed E-state index contributed by atoms with van der Waals surface area (Å²) in [5, 5.41) is 0. The second-order valence-electron chi connectivity index (χ2n) is 7.50. The molecule has 1 aliphatic heterocycles. The number of sulfonamides is 1. The fraction of sp³-hybridized carbons (Fsp3) is 0.208. The van der Waals surface area contributed by atoms with E-state index >= 15 is 0 Å². The molecule has 0 fully saturated rings. The van der Waals surface area contributed by atoms with Crippen molar-refractivity contribution in [3.63, 3.8) is 0 Å². The summed E-state index contributed by atoms with van der Waals surface area (Å²) in [6.45, 7) is 2.64. The van der Waals surface area contributed by atoms with E-state index in [2.05, 4.69) is 4.72 Å². The molecule has 1 unspecified atom stereocenters. The molecule has 7 heteroatoms. The van der Waals surface area contributed by atoms with Crippen molar-refractivity contribution in [1.82, 2.24) is 4.90 Å². The summed E-state index contributed by atoms with van der Waals surface area (Å²) in [7, 11) is -3.70. The number of nitrogens with zero attached hydrogens (tertiary/aromatic N) is 1. The molecule has 160 valence electrons. The van der Waals surface area contributed by atoms with Crippen LogP contribution in [0.3, 0.4) is 0 Å². The first kappa shape index (κ1) is 20.9. The van der Waals surface area contributed by atoms with Gasteiger partial charge in [0.25, 0.3) is 15.9 Å². The maximum atomic E-state index is 12.8. The number of rotatable bonds is 6. The Morgan fingerprint density at radius 1 is 1.00 bits per heavy atom. The van der Waals surface area contributed by atoms with Crippen LogP contribution in [-0.2, 0) is 27.8 Å². The Balaban J connectivity index is 1.55. The lowest BCUT2D eigenvalue weighted by molar-refractivity contribution is -0.137. The van der Waals surface area contributed by atoms with Gasteiger partial charge in [0.2, 0.25) is 0 Å². The minimum Gasteiger partial charge on any atom is -0.481 e. The van der Waals surface area contributed by atoms with E-state index in [1.807, 2.05) is 30.3 Å². The van der Waals surface area contributed by atoms with Gasteiger partial charge in [-0.15, -0.1) is 0 Å². The van der Waals surface area contributed by atoms with Gasteiger partial charge in [-0.25, -0.2) is 8.42 Å². The summed E-state index contributed by atoms with van der Waals surface area (Å²) >= 11 is 0. The zero-order valence-electron chi connectivity index (χ0n) is 17.2. The Morgan fingerprint density at radius 2 is 1.68 bits per heavy atom. The average molecular weight is 437 g/mol. The normalized spacial score (nSPS) is 16.2. The first-order valence-electron chi connectivity index (χ1n) is 10.1. The highest BCUT2D eigenvalue weighted by Crippen LogP contribution is 2.29. The van der Waals surface area contributed by atoms with E-state index in [0.29, 0.717) is 24.5 Å². The van der Waals surface area contributed by atoms with Crippen molar-refractivity contribution in [3.8, 4) is 5.75 Å². The van der Waals surface area contributed by atoms with Crippen molar-refractivity contribution in [2.24, 2.45) is 0 Å². The molecule has 3 aromatic carbocycles. The zero-order chi connectivity index (χ0) is 21.8. The molecule has 3 aromatic rings. The third-order valence-electron chi connectivity index (χ3n) is 5.20. The predicted molar refractivity (Wildman–Crippen MR) is 119 cm³/mol. The molecule has 0 saturated heterocycles. The van der Waals surface area contributed by atoms with E-state index in [4.69, 9.17) is 4.74 Å². The number of carbonyl (C=O) groups excluding carboxylic acids is 1. The summed E-state index contributed by atoms with van der Waals surface area (Å²) in [5.41, 5.74) is 2.34. The molecule has 1 atom stereocenters. The number of ether oxygens (including phenoxy) is 1. The summed E-state index contributed by atoms with van der Waals surface area (Å²) in [6, 6.07) is 23.3. The second-order valence-corrected chi connectivity index (χ2v) is 9.18. The average Bonchev–Trinajstić information content (AvgIpc) is 2.89. The van der Waals surface area contributed by atoms with Gasteiger partial charge >= 0.3 is 0 Å². The highest BCUT2D eigenvalue weighted by Gasteiger charge is 2.28. The number of anilines is 1. The third kappa shape index (κ3) is 4.88. The lowest BCUT2D eigenvalue weighted by atomic mass is 10.1.